The highest BCUT2D eigenvalue weighted by atomic mass is 16.6. The molecule has 0 spiro atoms. The lowest BCUT2D eigenvalue weighted by atomic mass is 9.98. The molecule has 32 heavy (non-hydrogen) atoms. The fourth-order valence-corrected chi connectivity index (χ4v) is 4.50. The maximum Gasteiger partial charge on any atom is 0.407 e. The highest BCUT2D eigenvalue weighted by Crippen LogP contribution is 2.34. The van der Waals surface area contributed by atoms with Crippen LogP contribution in [0.3, 0.4) is 0 Å². The third-order valence-electron chi connectivity index (χ3n) is 6.03. The minimum Gasteiger partial charge on any atom is -0.444 e. The van der Waals surface area contributed by atoms with Crippen molar-refractivity contribution in [2.24, 2.45) is 5.92 Å². The van der Waals surface area contributed by atoms with Crippen molar-refractivity contribution < 1.29 is 9.53 Å². The van der Waals surface area contributed by atoms with Crippen molar-refractivity contribution in [3.05, 3.63) is 24.0 Å². The number of H-pyrrole nitrogens is 1. The standard InChI is InChI=1S/C23H35N7O2/c1-23(2,3)32-22(31)25-14-16-7-6-12-30(15-16)21-24-11-10-19(27-21)26-20-13-18(28-29-20)17-8-4-5-9-17/h10-11,13,16-17H,4-9,12,14-15H2,1-3H3,(H,25,31)(H2,24,26,27,28,29)/t16-/m0/s1. The van der Waals surface area contributed by atoms with Crippen LogP contribution in [0.1, 0.15) is 70.9 Å². The van der Waals surface area contributed by atoms with E-state index < -0.39 is 5.60 Å². The molecule has 3 heterocycles. The highest BCUT2D eigenvalue weighted by Gasteiger charge is 2.24. The number of piperidine rings is 1. The second-order valence-corrected chi connectivity index (χ2v) is 9.89. The van der Waals surface area contributed by atoms with Crippen molar-refractivity contribution in [2.75, 3.05) is 29.9 Å². The molecule has 1 amide bonds. The molecular formula is C23H35N7O2. The first-order valence-corrected chi connectivity index (χ1v) is 11.7. The molecule has 1 aliphatic heterocycles. The van der Waals surface area contributed by atoms with Crippen LogP contribution in [0.25, 0.3) is 0 Å². The van der Waals surface area contributed by atoms with Gasteiger partial charge >= 0.3 is 6.09 Å². The number of aromatic amines is 1. The summed E-state index contributed by atoms with van der Waals surface area (Å²) in [6.45, 7) is 7.89. The summed E-state index contributed by atoms with van der Waals surface area (Å²) in [6.07, 6.45) is 8.56. The Morgan fingerprint density at radius 2 is 2.03 bits per heavy atom. The minimum atomic E-state index is -0.490. The van der Waals surface area contributed by atoms with Crippen molar-refractivity contribution in [3.8, 4) is 0 Å². The van der Waals surface area contributed by atoms with Gasteiger partial charge in [0.15, 0.2) is 5.82 Å². The fourth-order valence-electron chi connectivity index (χ4n) is 4.50. The Bertz CT molecular complexity index is 902. The van der Waals surface area contributed by atoms with E-state index in [1.165, 1.54) is 31.4 Å². The summed E-state index contributed by atoms with van der Waals surface area (Å²) in [5, 5.41) is 13.8. The first-order chi connectivity index (χ1) is 15.4. The topological polar surface area (TPSA) is 108 Å². The molecule has 0 radical (unpaired) electrons. The summed E-state index contributed by atoms with van der Waals surface area (Å²) < 4.78 is 5.34. The number of hydrogen-bond donors (Lipinski definition) is 3. The first kappa shape index (κ1) is 22.4. The van der Waals surface area contributed by atoms with Crippen LogP contribution in [0.15, 0.2) is 18.3 Å². The Kier molecular flexibility index (Phi) is 6.81. The second kappa shape index (κ2) is 9.75. The highest BCUT2D eigenvalue weighted by molar-refractivity contribution is 5.67. The van der Waals surface area contributed by atoms with Gasteiger partial charge in [-0.2, -0.15) is 10.1 Å². The summed E-state index contributed by atoms with van der Waals surface area (Å²) in [5.41, 5.74) is 0.714. The molecule has 1 atom stereocenters. The zero-order chi connectivity index (χ0) is 22.6. The number of amides is 1. The lowest BCUT2D eigenvalue weighted by Gasteiger charge is -2.33. The van der Waals surface area contributed by atoms with Crippen LogP contribution >= 0.6 is 0 Å². The molecular weight excluding hydrogens is 406 g/mol. The number of rotatable bonds is 6. The molecule has 2 fully saturated rings. The van der Waals surface area contributed by atoms with Crippen molar-refractivity contribution >= 4 is 23.7 Å². The molecule has 1 aliphatic carbocycles. The molecule has 1 saturated carbocycles. The Morgan fingerprint density at radius 1 is 1.22 bits per heavy atom. The lowest BCUT2D eigenvalue weighted by molar-refractivity contribution is 0.0517. The van der Waals surface area contributed by atoms with E-state index in [-0.39, 0.29) is 6.09 Å². The molecule has 2 aromatic heterocycles. The molecule has 0 unspecified atom stereocenters. The van der Waals surface area contributed by atoms with Gasteiger partial charge in [0.05, 0.1) is 0 Å². The molecule has 9 nitrogen and oxygen atoms in total. The third kappa shape index (κ3) is 6.11. The van der Waals surface area contributed by atoms with Crippen LogP contribution in [-0.4, -0.2) is 51.5 Å². The fraction of sp³-hybridized carbons (Fsp3) is 0.652. The lowest BCUT2D eigenvalue weighted by Crippen LogP contribution is -2.42. The van der Waals surface area contributed by atoms with Crippen LogP contribution in [-0.2, 0) is 4.74 Å². The van der Waals surface area contributed by atoms with Gasteiger partial charge in [0, 0.05) is 43.5 Å². The molecule has 2 aromatic rings. The molecule has 3 N–H and O–H groups in total. The van der Waals surface area contributed by atoms with E-state index in [4.69, 9.17) is 9.72 Å². The number of hydrogen-bond acceptors (Lipinski definition) is 7. The summed E-state index contributed by atoms with van der Waals surface area (Å²) in [7, 11) is 0. The van der Waals surface area contributed by atoms with Gasteiger partial charge in [-0.05, 0) is 58.4 Å². The van der Waals surface area contributed by atoms with Gasteiger partial charge in [-0.3, -0.25) is 5.10 Å². The van der Waals surface area contributed by atoms with Gasteiger partial charge in [-0.25, -0.2) is 9.78 Å². The van der Waals surface area contributed by atoms with E-state index in [2.05, 4.69) is 36.8 Å². The van der Waals surface area contributed by atoms with E-state index in [1.54, 1.807) is 6.20 Å². The number of ether oxygens (including phenoxy) is 1. The number of anilines is 3. The van der Waals surface area contributed by atoms with Gasteiger partial charge < -0.3 is 20.3 Å². The van der Waals surface area contributed by atoms with Crippen molar-refractivity contribution in [1.29, 1.82) is 0 Å². The Balaban J connectivity index is 1.33. The molecule has 4 rings (SSSR count). The summed E-state index contributed by atoms with van der Waals surface area (Å²) in [4.78, 5) is 23.4. The summed E-state index contributed by atoms with van der Waals surface area (Å²) in [6, 6.07) is 3.95. The van der Waals surface area contributed by atoms with E-state index in [1.807, 2.05) is 26.8 Å². The van der Waals surface area contributed by atoms with Crippen molar-refractivity contribution in [3.63, 3.8) is 0 Å². The predicted octanol–water partition coefficient (Wildman–Crippen LogP) is 4.34. The van der Waals surface area contributed by atoms with Crippen LogP contribution in [0.2, 0.25) is 0 Å². The third-order valence-corrected chi connectivity index (χ3v) is 6.03. The zero-order valence-corrected chi connectivity index (χ0v) is 19.4. The number of nitrogens with zero attached hydrogens (tertiary/aromatic N) is 4. The molecule has 0 aromatic carbocycles. The van der Waals surface area contributed by atoms with Gasteiger partial charge in [0.25, 0.3) is 0 Å². The SMILES string of the molecule is CC(C)(C)OC(=O)NC[C@@H]1CCCN(c2nccc(Nc3cc(C4CCCC4)[nH]n3)n2)C1. The molecule has 1 saturated heterocycles. The van der Waals surface area contributed by atoms with E-state index >= 15 is 0 Å². The molecule has 0 bridgehead atoms. The smallest absolute Gasteiger partial charge is 0.407 e. The van der Waals surface area contributed by atoms with Gasteiger partial charge in [-0.1, -0.05) is 12.8 Å². The van der Waals surface area contributed by atoms with Crippen molar-refractivity contribution in [1.82, 2.24) is 25.5 Å². The number of alkyl carbamates (subject to hydrolysis) is 1. The monoisotopic (exact) mass is 441 g/mol. The van der Waals surface area contributed by atoms with E-state index in [0.29, 0.717) is 24.3 Å². The summed E-state index contributed by atoms with van der Waals surface area (Å²) >= 11 is 0. The average Bonchev–Trinajstić information content (AvgIpc) is 3.43. The number of aromatic nitrogens is 4. The van der Waals surface area contributed by atoms with Crippen molar-refractivity contribution in [2.45, 2.75) is 70.8 Å². The van der Waals surface area contributed by atoms with Crippen LogP contribution in [0.4, 0.5) is 22.4 Å². The maximum atomic E-state index is 12.0. The van der Waals surface area contributed by atoms with Crippen LogP contribution in [0.5, 0.6) is 0 Å². The van der Waals surface area contributed by atoms with E-state index in [9.17, 15) is 4.79 Å². The van der Waals surface area contributed by atoms with Gasteiger partial charge in [0.1, 0.15) is 11.4 Å². The zero-order valence-electron chi connectivity index (χ0n) is 19.4. The molecule has 9 heteroatoms. The predicted molar refractivity (Wildman–Crippen MR) is 124 cm³/mol. The quantitative estimate of drug-likeness (QED) is 0.612. The number of nitrogens with one attached hydrogen (secondary N) is 3. The molecule has 2 aliphatic rings. The minimum absolute atomic E-state index is 0.330. The molecule has 174 valence electrons. The first-order valence-electron chi connectivity index (χ1n) is 11.7. The van der Waals surface area contributed by atoms with E-state index in [0.717, 1.165) is 37.6 Å². The van der Waals surface area contributed by atoms with Gasteiger partial charge in [-0.15, -0.1) is 0 Å². The Labute approximate surface area is 189 Å². The Hall–Kier alpha value is -2.84. The van der Waals surface area contributed by atoms with Gasteiger partial charge in [0.2, 0.25) is 5.95 Å². The largest absolute Gasteiger partial charge is 0.444 e. The maximum absolute atomic E-state index is 12.0. The number of carbonyl (C=O) groups is 1. The summed E-state index contributed by atoms with van der Waals surface area (Å²) in [5.74, 6) is 3.14. The second-order valence-electron chi connectivity index (χ2n) is 9.89. The Morgan fingerprint density at radius 3 is 2.81 bits per heavy atom. The normalized spacial score (nSPS) is 19.7. The van der Waals surface area contributed by atoms with Crippen LogP contribution in [0, 0.1) is 5.92 Å². The van der Waals surface area contributed by atoms with Crippen LogP contribution < -0.4 is 15.5 Å². The average molecular weight is 442 g/mol. The number of carbonyl (C=O) groups excluding carboxylic acids is 1.